The van der Waals surface area contributed by atoms with Gasteiger partial charge in [-0.25, -0.2) is 13.1 Å². The first-order valence-corrected chi connectivity index (χ1v) is 7.71. The maximum absolute atomic E-state index is 11.7. The summed E-state index contributed by atoms with van der Waals surface area (Å²) in [6.07, 6.45) is 0.534. The van der Waals surface area contributed by atoms with Crippen molar-refractivity contribution < 1.29 is 18.3 Å². The van der Waals surface area contributed by atoms with Crippen LogP contribution in [-0.2, 0) is 10.0 Å². The molecule has 1 aromatic rings. The van der Waals surface area contributed by atoms with Gasteiger partial charge in [-0.3, -0.25) is 0 Å². The number of nitrogen functional groups attached to an aromatic ring is 1. The minimum Gasteiger partial charge on any atom is -0.492 e. The predicted molar refractivity (Wildman–Crippen MR) is 74.4 cm³/mol. The molecule has 0 saturated carbocycles. The van der Waals surface area contributed by atoms with Crippen molar-refractivity contribution in [3.63, 3.8) is 0 Å². The second-order valence-electron chi connectivity index (χ2n) is 4.15. The van der Waals surface area contributed by atoms with Crippen LogP contribution in [0.1, 0.15) is 13.3 Å². The summed E-state index contributed by atoms with van der Waals surface area (Å²) in [6.45, 7) is 1.61. The number of nitrogens with two attached hydrogens (primary N) is 1. The highest BCUT2D eigenvalue weighted by Gasteiger charge is 2.15. The van der Waals surface area contributed by atoms with Gasteiger partial charge in [0.25, 0.3) is 0 Å². The van der Waals surface area contributed by atoms with E-state index in [9.17, 15) is 8.42 Å². The van der Waals surface area contributed by atoms with Gasteiger partial charge >= 0.3 is 0 Å². The molecule has 0 unspecified atom stereocenters. The molecule has 0 aliphatic rings. The third-order valence-electron chi connectivity index (χ3n) is 2.54. The second kappa shape index (κ2) is 7.32. The molecule has 0 radical (unpaired) electrons. The van der Waals surface area contributed by atoms with Crippen LogP contribution in [0.15, 0.2) is 24.3 Å². The molecule has 1 atom stereocenters. The molecule has 0 aromatic heterocycles. The highest BCUT2D eigenvalue weighted by Crippen LogP contribution is 2.14. The predicted octanol–water partition coefficient (Wildman–Crippen LogP) is 0.338. The number of ether oxygens (including phenoxy) is 1. The van der Waals surface area contributed by atoms with Crippen LogP contribution in [0.2, 0.25) is 0 Å². The van der Waals surface area contributed by atoms with E-state index in [2.05, 4.69) is 4.72 Å². The van der Waals surface area contributed by atoms with E-state index < -0.39 is 16.1 Å². The van der Waals surface area contributed by atoms with Gasteiger partial charge in [0.05, 0.1) is 12.4 Å². The summed E-state index contributed by atoms with van der Waals surface area (Å²) < 4.78 is 31.1. The van der Waals surface area contributed by atoms with E-state index >= 15 is 0 Å². The van der Waals surface area contributed by atoms with Crippen molar-refractivity contribution in [2.45, 2.75) is 19.4 Å². The van der Waals surface area contributed by atoms with Gasteiger partial charge in [0, 0.05) is 17.8 Å². The number of nitrogens with one attached hydrogen (secondary N) is 1. The van der Waals surface area contributed by atoms with Crippen LogP contribution in [0.25, 0.3) is 0 Å². The van der Waals surface area contributed by atoms with E-state index in [1.54, 1.807) is 31.2 Å². The Labute approximate surface area is 113 Å². The molecule has 0 fully saturated rings. The van der Waals surface area contributed by atoms with Crippen molar-refractivity contribution in [2.24, 2.45) is 0 Å². The SMILES string of the molecule is CC[C@H](CO)NS(=O)(=O)CCOc1cccc(N)c1. The Morgan fingerprint density at radius 3 is 2.79 bits per heavy atom. The molecule has 0 aliphatic carbocycles. The summed E-state index contributed by atoms with van der Waals surface area (Å²) in [5.41, 5.74) is 6.14. The quantitative estimate of drug-likeness (QED) is 0.599. The fourth-order valence-corrected chi connectivity index (χ4v) is 2.61. The Morgan fingerprint density at radius 1 is 1.47 bits per heavy atom. The van der Waals surface area contributed by atoms with Gasteiger partial charge in [-0.2, -0.15) is 0 Å². The van der Waals surface area contributed by atoms with Crippen molar-refractivity contribution >= 4 is 15.7 Å². The van der Waals surface area contributed by atoms with E-state index in [-0.39, 0.29) is 19.0 Å². The van der Waals surface area contributed by atoms with Gasteiger partial charge in [-0.1, -0.05) is 13.0 Å². The number of aliphatic hydroxyl groups is 1. The lowest BCUT2D eigenvalue weighted by Gasteiger charge is -2.14. The summed E-state index contributed by atoms with van der Waals surface area (Å²) in [5, 5.41) is 8.95. The zero-order valence-corrected chi connectivity index (χ0v) is 11.7. The largest absolute Gasteiger partial charge is 0.492 e. The molecule has 0 heterocycles. The van der Waals surface area contributed by atoms with E-state index in [0.29, 0.717) is 17.9 Å². The molecule has 7 heteroatoms. The van der Waals surface area contributed by atoms with Crippen LogP contribution in [0.4, 0.5) is 5.69 Å². The Kier molecular flexibility index (Phi) is 6.07. The summed E-state index contributed by atoms with van der Waals surface area (Å²) in [6, 6.07) is 6.34. The molecule has 0 aliphatic heterocycles. The van der Waals surface area contributed by atoms with Crippen molar-refractivity contribution in [2.75, 3.05) is 24.7 Å². The van der Waals surface area contributed by atoms with Crippen LogP contribution in [0.3, 0.4) is 0 Å². The van der Waals surface area contributed by atoms with Crippen molar-refractivity contribution in [3.05, 3.63) is 24.3 Å². The molecule has 19 heavy (non-hydrogen) atoms. The average molecular weight is 288 g/mol. The van der Waals surface area contributed by atoms with Gasteiger partial charge in [-0.15, -0.1) is 0 Å². The zero-order valence-electron chi connectivity index (χ0n) is 10.9. The highest BCUT2D eigenvalue weighted by molar-refractivity contribution is 7.89. The minimum absolute atomic E-state index is 0.0284. The lowest BCUT2D eigenvalue weighted by atomic mass is 10.3. The van der Waals surface area contributed by atoms with Gasteiger partial charge < -0.3 is 15.6 Å². The Hall–Kier alpha value is -1.31. The summed E-state index contributed by atoms with van der Waals surface area (Å²) in [7, 11) is -3.45. The Bertz CT molecular complexity index is 486. The second-order valence-corrected chi connectivity index (χ2v) is 6.02. The van der Waals surface area contributed by atoms with Crippen molar-refractivity contribution in [3.8, 4) is 5.75 Å². The number of sulfonamides is 1. The van der Waals surface area contributed by atoms with Crippen LogP contribution < -0.4 is 15.2 Å². The fourth-order valence-electron chi connectivity index (χ4n) is 1.44. The van der Waals surface area contributed by atoms with Gasteiger partial charge in [0.1, 0.15) is 12.4 Å². The standard InChI is InChI=1S/C12H20N2O4S/c1-2-11(9-15)14-19(16,17)7-6-18-12-5-3-4-10(13)8-12/h3-5,8,11,14-15H,2,6-7,9,13H2,1H3/t11-/m1/s1. The van der Waals surface area contributed by atoms with Crippen molar-refractivity contribution in [1.29, 1.82) is 0 Å². The number of hydrogen-bond donors (Lipinski definition) is 3. The third-order valence-corrected chi connectivity index (χ3v) is 3.93. The van der Waals surface area contributed by atoms with Crippen LogP contribution in [-0.4, -0.2) is 38.5 Å². The first kappa shape index (κ1) is 15.7. The molecular weight excluding hydrogens is 268 g/mol. The normalized spacial score (nSPS) is 13.2. The summed E-state index contributed by atoms with van der Waals surface area (Å²) >= 11 is 0. The lowest BCUT2D eigenvalue weighted by molar-refractivity contribution is 0.253. The number of aliphatic hydroxyl groups excluding tert-OH is 1. The average Bonchev–Trinajstić information content (AvgIpc) is 2.36. The molecule has 108 valence electrons. The van der Waals surface area contributed by atoms with Gasteiger partial charge in [0.2, 0.25) is 10.0 Å². The van der Waals surface area contributed by atoms with E-state index in [4.69, 9.17) is 15.6 Å². The molecule has 0 spiro atoms. The molecular formula is C12H20N2O4S. The Balaban J connectivity index is 2.43. The zero-order chi connectivity index (χ0) is 14.3. The summed E-state index contributed by atoms with van der Waals surface area (Å²) in [4.78, 5) is 0. The number of rotatable bonds is 8. The number of benzene rings is 1. The molecule has 4 N–H and O–H groups in total. The van der Waals surface area contributed by atoms with Crippen LogP contribution in [0, 0.1) is 0 Å². The molecule has 1 rings (SSSR count). The molecule has 0 saturated heterocycles. The maximum Gasteiger partial charge on any atom is 0.215 e. The Morgan fingerprint density at radius 2 is 2.21 bits per heavy atom. The fraction of sp³-hybridized carbons (Fsp3) is 0.500. The first-order chi connectivity index (χ1) is 8.96. The monoisotopic (exact) mass is 288 g/mol. The maximum atomic E-state index is 11.7. The van der Waals surface area contributed by atoms with E-state index in [1.165, 1.54) is 0 Å². The van der Waals surface area contributed by atoms with Crippen molar-refractivity contribution in [1.82, 2.24) is 4.72 Å². The van der Waals surface area contributed by atoms with E-state index in [1.807, 2.05) is 0 Å². The van der Waals surface area contributed by atoms with Crippen LogP contribution in [0.5, 0.6) is 5.75 Å². The van der Waals surface area contributed by atoms with E-state index in [0.717, 1.165) is 0 Å². The van der Waals surface area contributed by atoms with Crippen LogP contribution >= 0.6 is 0 Å². The summed E-state index contributed by atoms with van der Waals surface area (Å²) in [5.74, 6) is 0.363. The highest BCUT2D eigenvalue weighted by atomic mass is 32.2. The molecule has 0 amide bonds. The number of anilines is 1. The van der Waals surface area contributed by atoms with Gasteiger partial charge in [0.15, 0.2) is 0 Å². The lowest BCUT2D eigenvalue weighted by Crippen LogP contribution is -2.39. The molecule has 6 nitrogen and oxygen atoms in total. The number of hydrogen-bond acceptors (Lipinski definition) is 5. The topological polar surface area (TPSA) is 102 Å². The van der Waals surface area contributed by atoms with Gasteiger partial charge in [-0.05, 0) is 18.6 Å². The molecule has 0 bridgehead atoms. The minimum atomic E-state index is -3.45. The smallest absolute Gasteiger partial charge is 0.215 e. The first-order valence-electron chi connectivity index (χ1n) is 6.06. The third kappa shape index (κ3) is 5.91. The molecule has 1 aromatic carbocycles.